The van der Waals surface area contributed by atoms with Crippen LogP contribution in [0, 0.1) is 5.92 Å². The molecular weight excluding hydrogens is 320 g/mol. The number of carbonyl (C=O) groups is 1. The summed E-state index contributed by atoms with van der Waals surface area (Å²) in [5.41, 5.74) is 1.39. The Labute approximate surface area is 155 Å². The van der Waals surface area contributed by atoms with Gasteiger partial charge in [0.15, 0.2) is 0 Å². The number of benzene rings is 1. The third kappa shape index (κ3) is 5.81. The second-order valence-corrected chi connectivity index (χ2v) is 12.7. The lowest BCUT2D eigenvalue weighted by molar-refractivity contribution is -0.124. The molecule has 1 unspecified atom stereocenters. The molecule has 2 rings (SSSR count). The highest BCUT2D eigenvalue weighted by Crippen LogP contribution is 2.27. The van der Waals surface area contributed by atoms with Gasteiger partial charge in [-0.1, -0.05) is 78.0 Å². The lowest BCUT2D eigenvalue weighted by Crippen LogP contribution is -2.43. The molecule has 0 amide bonds. The van der Waals surface area contributed by atoms with E-state index in [1.165, 1.54) is 17.2 Å². The van der Waals surface area contributed by atoms with Crippen molar-refractivity contribution in [2.45, 2.75) is 71.9 Å². The van der Waals surface area contributed by atoms with Crippen molar-refractivity contribution >= 4 is 19.0 Å². The molecule has 0 aliphatic heterocycles. The Morgan fingerprint density at radius 2 is 1.84 bits per heavy atom. The molecule has 0 N–H and O–H groups in total. The summed E-state index contributed by atoms with van der Waals surface area (Å²) in [5.74, 6) is 0.762. The van der Waals surface area contributed by atoms with E-state index in [2.05, 4.69) is 69.4 Å². The summed E-state index contributed by atoms with van der Waals surface area (Å²) in [5, 5.41) is 3.10. The lowest BCUT2D eigenvalue weighted by Gasteiger charge is -2.28. The first kappa shape index (κ1) is 19.9. The highest BCUT2D eigenvalue weighted by Gasteiger charge is 2.28. The summed E-state index contributed by atoms with van der Waals surface area (Å²) >= 11 is 0. The molecule has 0 radical (unpaired) electrons. The highest BCUT2D eigenvalue weighted by atomic mass is 28.3. The normalized spacial score (nSPS) is 19.0. The quantitative estimate of drug-likeness (QED) is 0.436. The van der Waals surface area contributed by atoms with Crippen molar-refractivity contribution < 1.29 is 4.79 Å². The molecule has 1 aromatic rings. The van der Waals surface area contributed by atoms with Gasteiger partial charge >= 0.3 is 0 Å². The summed E-state index contributed by atoms with van der Waals surface area (Å²) in [6.07, 6.45) is 12.2. The Morgan fingerprint density at radius 1 is 1.12 bits per heavy atom. The molecule has 1 nitrogen and oxygen atoms in total. The van der Waals surface area contributed by atoms with E-state index in [0.717, 1.165) is 38.5 Å². The molecule has 1 aliphatic rings. The van der Waals surface area contributed by atoms with Gasteiger partial charge in [-0.25, -0.2) is 0 Å². The summed E-state index contributed by atoms with van der Waals surface area (Å²) in [6.45, 7) is 9.26. The number of Topliss-reactive ketones (excluding diaryl/α,β-unsaturated/α-hetero) is 1. The maximum Gasteiger partial charge on any atom is 0.136 e. The van der Waals surface area contributed by atoms with Gasteiger partial charge < -0.3 is 0 Å². The van der Waals surface area contributed by atoms with Gasteiger partial charge in [0.1, 0.15) is 13.9 Å². The van der Waals surface area contributed by atoms with Crippen molar-refractivity contribution in [3.05, 3.63) is 53.3 Å². The standard InChI is InChI=1S/C23H34OSi/c1-19(2)11-10-15-22(18-17-20-12-8-9-16-23(20)24)25(3,4)21-13-6-5-7-14-21/h5-7,11,13-14,18,20H,8-10,12,15-17H2,1-4H3/b22-18+. The van der Waals surface area contributed by atoms with E-state index in [1.807, 2.05) is 0 Å². The van der Waals surface area contributed by atoms with E-state index >= 15 is 0 Å². The molecule has 1 fully saturated rings. The molecule has 0 heterocycles. The third-order valence-electron chi connectivity index (χ3n) is 5.59. The number of rotatable bonds is 7. The average molecular weight is 355 g/mol. The number of hydrogen-bond acceptors (Lipinski definition) is 1. The Kier molecular flexibility index (Phi) is 7.43. The lowest BCUT2D eigenvalue weighted by atomic mass is 9.85. The molecule has 1 aliphatic carbocycles. The second-order valence-electron chi connectivity index (χ2n) is 8.19. The van der Waals surface area contributed by atoms with E-state index < -0.39 is 8.07 Å². The number of carbonyl (C=O) groups excluding carboxylic acids is 1. The van der Waals surface area contributed by atoms with Crippen LogP contribution in [0.4, 0.5) is 0 Å². The summed E-state index contributed by atoms with van der Waals surface area (Å²) in [6, 6.07) is 11.0. The number of ketones is 1. The van der Waals surface area contributed by atoms with E-state index in [0.29, 0.717) is 5.78 Å². The van der Waals surface area contributed by atoms with Crippen molar-refractivity contribution in [3.63, 3.8) is 0 Å². The van der Waals surface area contributed by atoms with Gasteiger partial charge in [-0.15, -0.1) is 0 Å². The molecule has 0 saturated heterocycles. The molecule has 2 heteroatoms. The molecular formula is C23H34OSi. The summed E-state index contributed by atoms with van der Waals surface area (Å²) < 4.78 is 0. The average Bonchev–Trinajstić information content (AvgIpc) is 2.59. The van der Waals surface area contributed by atoms with Gasteiger partial charge in [0.2, 0.25) is 0 Å². The molecule has 1 saturated carbocycles. The Balaban J connectivity index is 2.20. The van der Waals surface area contributed by atoms with Crippen molar-refractivity contribution in [1.82, 2.24) is 0 Å². The smallest absolute Gasteiger partial charge is 0.136 e. The van der Waals surface area contributed by atoms with Gasteiger partial charge in [-0.2, -0.15) is 0 Å². The van der Waals surface area contributed by atoms with Crippen LogP contribution in [0.1, 0.15) is 58.8 Å². The Hall–Kier alpha value is -1.41. The minimum Gasteiger partial charge on any atom is -0.299 e. The topological polar surface area (TPSA) is 17.1 Å². The van der Waals surface area contributed by atoms with Crippen molar-refractivity contribution in [2.75, 3.05) is 0 Å². The Morgan fingerprint density at radius 3 is 2.48 bits per heavy atom. The minimum atomic E-state index is -1.67. The molecule has 1 atom stereocenters. The van der Waals surface area contributed by atoms with Crippen LogP contribution >= 0.6 is 0 Å². The first-order valence-corrected chi connectivity index (χ1v) is 12.8. The number of allylic oxidation sites excluding steroid dienone is 4. The molecule has 0 bridgehead atoms. The van der Waals surface area contributed by atoms with Crippen LogP contribution in [-0.2, 0) is 4.79 Å². The maximum absolute atomic E-state index is 12.2. The van der Waals surface area contributed by atoms with Gasteiger partial charge in [0.05, 0.1) is 0 Å². The molecule has 0 aromatic heterocycles. The molecule has 1 aromatic carbocycles. The largest absolute Gasteiger partial charge is 0.299 e. The number of hydrogen-bond donors (Lipinski definition) is 0. The van der Waals surface area contributed by atoms with Crippen molar-refractivity contribution in [1.29, 1.82) is 0 Å². The maximum atomic E-state index is 12.2. The first-order valence-electron chi connectivity index (χ1n) is 9.82. The molecule has 25 heavy (non-hydrogen) atoms. The van der Waals surface area contributed by atoms with Crippen LogP contribution in [0.3, 0.4) is 0 Å². The van der Waals surface area contributed by atoms with Gasteiger partial charge in [0.25, 0.3) is 0 Å². The van der Waals surface area contributed by atoms with Crippen LogP contribution in [-0.4, -0.2) is 13.9 Å². The van der Waals surface area contributed by atoms with Gasteiger partial charge in [-0.3, -0.25) is 4.79 Å². The minimum absolute atomic E-state index is 0.271. The van der Waals surface area contributed by atoms with Crippen molar-refractivity contribution in [3.8, 4) is 0 Å². The zero-order valence-corrected chi connectivity index (χ0v) is 17.5. The summed E-state index contributed by atoms with van der Waals surface area (Å²) in [4.78, 5) is 12.2. The van der Waals surface area contributed by atoms with E-state index in [9.17, 15) is 4.79 Å². The van der Waals surface area contributed by atoms with Gasteiger partial charge in [0, 0.05) is 12.3 Å². The van der Waals surface area contributed by atoms with E-state index in [4.69, 9.17) is 0 Å². The monoisotopic (exact) mass is 354 g/mol. The van der Waals surface area contributed by atoms with Gasteiger partial charge in [-0.05, 0) is 46.0 Å². The second kappa shape index (κ2) is 9.33. The van der Waals surface area contributed by atoms with Crippen LogP contribution in [0.5, 0.6) is 0 Å². The zero-order chi connectivity index (χ0) is 18.3. The van der Waals surface area contributed by atoms with Crippen LogP contribution in [0.15, 0.2) is 53.3 Å². The van der Waals surface area contributed by atoms with Crippen molar-refractivity contribution in [2.24, 2.45) is 5.92 Å². The fraction of sp³-hybridized carbons (Fsp3) is 0.522. The fourth-order valence-corrected chi connectivity index (χ4v) is 6.61. The van der Waals surface area contributed by atoms with Crippen LogP contribution < -0.4 is 5.19 Å². The highest BCUT2D eigenvalue weighted by molar-refractivity contribution is 6.95. The SMILES string of the molecule is CC(C)=CCC/C(=C\CC1CCCCC1=O)[Si](C)(C)c1ccccc1. The zero-order valence-electron chi connectivity index (χ0n) is 16.5. The summed E-state index contributed by atoms with van der Waals surface area (Å²) in [7, 11) is -1.67. The molecule has 0 spiro atoms. The predicted molar refractivity (Wildman–Crippen MR) is 112 cm³/mol. The van der Waals surface area contributed by atoms with Crippen LogP contribution in [0.25, 0.3) is 0 Å². The fourth-order valence-electron chi connectivity index (χ4n) is 3.82. The molecule has 136 valence electrons. The Bertz CT molecular complexity index is 621. The van der Waals surface area contributed by atoms with Crippen LogP contribution in [0.2, 0.25) is 13.1 Å². The predicted octanol–water partition coefficient (Wildman–Crippen LogP) is 5.96. The first-order chi connectivity index (χ1) is 11.9. The van der Waals surface area contributed by atoms with E-state index in [-0.39, 0.29) is 5.92 Å². The van der Waals surface area contributed by atoms with E-state index in [1.54, 1.807) is 5.20 Å². The third-order valence-corrected chi connectivity index (χ3v) is 9.43.